The highest BCUT2D eigenvalue weighted by Crippen LogP contribution is 2.37. The fraction of sp³-hybridized carbons (Fsp3) is 0.895. The van der Waals surface area contributed by atoms with E-state index >= 15 is 0 Å². The first kappa shape index (κ1) is 17.6. The topological polar surface area (TPSA) is 61.4 Å². The first-order valence-electron chi connectivity index (χ1n) is 9.93. The Morgan fingerprint density at radius 3 is 2.04 bits per heavy atom. The lowest BCUT2D eigenvalue weighted by atomic mass is 9.87. The van der Waals surface area contributed by atoms with Crippen molar-refractivity contribution in [2.45, 2.75) is 89.6 Å². The Labute approximate surface area is 145 Å². The molecule has 3 aliphatic rings. The maximum absolute atomic E-state index is 12.5. The first-order valence-corrected chi connectivity index (χ1v) is 9.93. The number of hydrogen-bond donors (Lipinski definition) is 2. The Balaban J connectivity index is 1.40. The van der Waals surface area contributed by atoms with Crippen LogP contribution in [0.1, 0.15) is 77.6 Å². The Bertz CT molecular complexity index is 446. The fourth-order valence-corrected chi connectivity index (χ4v) is 4.48. The third-order valence-electron chi connectivity index (χ3n) is 6.31. The summed E-state index contributed by atoms with van der Waals surface area (Å²) in [4.78, 5) is 26.8. The second-order valence-electron chi connectivity index (χ2n) is 8.29. The summed E-state index contributed by atoms with van der Waals surface area (Å²) in [5.41, 5.74) is -0.157. The molecule has 0 atom stereocenters. The van der Waals surface area contributed by atoms with E-state index in [1.165, 1.54) is 32.1 Å². The average Bonchev–Trinajstić information content (AvgIpc) is 3.04. The molecule has 0 radical (unpaired) electrons. The van der Waals surface area contributed by atoms with Gasteiger partial charge in [0.2, 0.25) is 5.91 Å². The lowest BCUT2D eigenvalue weighted by Gasteiger charge is -2.35. The summed E-state index contributed by atoms with van der Waals surface area (Å²) in [6.07, 6.45) is 12.1. The van der Waals surface area contributed by atoms with Gasteiger partial charge in [-0.05, 0) is 38.5 Å². The summed E-state index contributed by atoms with van der Waals surface area (Å²) in [6.45, 7) is 3.60. The number of likely N-dealkylation sites (tertiary alicyclic amines) is 1. The van der Waals surface area contributed by atoms with Crippen LogP contribution in [0.5, 0.6) is 0 Å². The average molecular weight is 335 g/mol. The first-order chi connectivity index (χ1) is 11.6. The number of carbonyl (C=O) groups excluding carboxylic acids is 2. The molecule has 0 spiro atoms. The van der Waals surface area contributed by atoms with Crippen LogP contribution < -0.4 is 10.6 Å². The van der Waals surface area contributed by atoms with Gasteiger partial charge in [0, 0.05) is 30.6 Å². The van der Waals surface area contributed by atoms with Gasteiger partial charge in [-0.3, -0.25) is 4.79 Å². The summed E-state index contributed by atoms with van der Waals surface area (Å²) in [6, 6.07) is 0.689. The molecular formula is C19H33N3O2. The normalized spacial score (nSPS) is 25.5. The molecule has 1 heterocycles. The van der Waals surface area contributed by atoms with Crippen molar-refractivity contribution in [3.8, 4) is 0 Å². The SMILES string of the molecule is CC1(C(=O)NC2CCN(C(=O)NC3CCCCC3)CC2)CCCC1. The van der Waals surface area contributed by atoms with E-state index in [2.05, 4.69) is 17.6 Å². The molecule has 2 aliphatic carbocycles. The van der Waals surface area contributed by atoms with Crippen LogP contribution in [-0.4, -0.2) is 42.0 Å². The number of nitrogens with zero attached hydrogens (tertiary/aromatic N) is 1. The van der Waals surface area contributed by atoms with E-state index in [1.54, 1.807) is 0 Å². The molecule has 3 fully saturated rings. The van der Waals surface area contributed by atoms with Gasteiger partial charge in [-0.15, -0.1) is 0 Å². The van der Waals surface area contributed by atoms with Crippen molar-refractivity contribution in [3.05, 3.63) is 0 Å². The maximum atomic E-state index is 12.5. The van der Waals surface area contributed by atoms with E-state index in [1.807, 2.05) is 4.90 Å². The van der Waals surface area contributed by atoms with E-state index in [0.29, 0.717) is 6.04 Å². The van der Waals surface area contributed by atoms with Crippen LogP contribution in [-0.2, 0) is 4.79 Å². The summed E-state index contributed by atoms with van der Waals surface area (Å²) >= 11 is 0. The lowest BCUT2D eigenvalue weighted by molar-refractivity contribution is -0.130. The predicted molar refractivity (Wildman–Crippen MR) is 94.7 cm³/mol. The zero-order chi connectivity index (χ0) is 17.0. The number of hydrogen-bond acceptors (Lipinski definition) is 2. The summed E-state index contributed by atoms with van der Waals surface area (Å²) in [5, 5.41) is 6.44. The van der Waals surface area contributed by atoms with Crippen molar-refractivity contribution < 1.29 is 9.59 Å². The number of amides is 3. The van der Waals surface area contributed by atoms with Gasteiger partial charge < -0.3 is 15.5 Å². The van der Waals surface area contributed by atoms with Crippen LogP contribution in [0.3, 0.4) is 0 Å². The number of piperidine rings is 1. The largest absolute Gasteiger partial charge is 0.353 e. The van der Waals surface area contributed by atoms with Crippen molar-refractivity contribution in [2.75, 3.05) is 13.1 Å². The zero-order valence-electron chi connectivity index (χ0n) is 15.1. The van der Waals surface area contributed by atoms with Gasteiger partial charge in [-0.25, -0.2) is 4.79 Å². The fourth-order valence-electron chi connectivity index (χ4n) is 4.48. The molecule has 24 heavy (non-hydrogen) atoms. The highest BCUT2D eigenvalue weighted by atomic mass is 16.2. The molecule has 5 nitrogen and oxygen atoms in total. The molecule has 0 aromatic heterocycles. The van der Waals surface area contributed by atoms with Gasteiger partial charge >= 0.3 is 6.03 Å². The van der Waals surface area contributed by atoms with E-state index < -0.39 is 0 Å². The standard InChI is InChI=1S/C19H33N3O2/c1-19(11-5-6-12-19)17(23)20-16-9-13-22(14-10-16)18(24)21-15-7-3-2-4-8-15/h15-16H,2-14H2,1H3,(H,20,23)(H,21,24). The lowest BCUT2D eigenvalue weighted by Crippen LogP contribution is -2.52. The highest BCUT2D eigenvalue weighted by molar-refractivity contribution is 5.82. The second kappa shape index (κ2) is 7.75. The minimum Gasteiger partial charge on any atom is -0.353 e. The molecule has 0 aromatic carbocycles. The van der Waals surface area contributed by atoms with Crippen molar-refractivity contribution in [2.24, 2.45) is 5.41 Å². The van der Waals surface area contributed by atoms with E-state index in [9.17, 15) is 9.59 Å². The molecule has 1 aliphatic heterocycles. The third-order valence-corrected chi connectivity index (χ3v) is 6.31. The van der Waals surface area contributed by atoms with Gasteiger partial charge in [0.05, 0.1) is 0 Å². The Morgan fingerprint density at radius 1 is 0.833 bits per heavy atom. The smallest absolute Gasteiger partial charge is 0.317 e. The summed E-state index contributed by atoms with van der Waals surface area (Å²) in [5.74, 6) is 0.227. The summed E-state index contributed by atoms with van der Waals surface area (Å²) in [7, 11) is 0. The molecule has 1 saturated heterocycles. The molecule has 5 heteroatoms. The molecule has 0 aromatic rings. The van der Waals surface area contributed by atoms with Crippen LogP contribution in [0.25, 0.3) is 0 Å². The van der Waals surface area contributed by atoms with Crippen LogP contribution >= 0.6 is 0 Å². The van der Waals surface area contributed by atoms with Gasteiger partial charge in [0.1, 0.15) is 0 Å². The third kappa shape index (κ3) is 4.22. The Morgan fingerprint density at radius 2 is 1.42 bits per heavy atom. The van der Waals surface area contributed by atoms with E-state index in [4.69, 9.17) is 0 Å². The Hall–Kier alpha value is -1.26. The minimum atomic E-state index is -0.157. The van der Waals surface area contributed by atoms with Crippen LogP contribution in [0, 0.1) is 5.41 Å². The van der Waals surface area contributed by atoms with Crippen molar-refractivity contribution in [1.29, 1.82) is 0 Å². The molecule has 3 rings (SSSR count). The quantitative estimate of drug-likeness (QED) is 0.832. The molecule has 0 unspecified atom stereocenters. The Kier molecular flexibility index (Phi) is 5.67. The molecule has 0 bridgehead atoms. The van der Waals surface area contributed by atoms with Crippen LogP contribution in [0.4, 0.5) is 4.79 Å². The molecule has 2 saturated carbocycles. The number of rotatable bonds is 3. The minimum absolute atomic E-state index is 0.0921. The number of nitrogens with one attached hydrogen (secondary N) is 2. The van der Waals surface area contributed by atoms with E-state index in [-0.39, 0.29) is 23.4 Å². The number of carbonyl (C=O) groups is 2. The highest BCUT2D eigenvalue weighted by Gasteiger charge is 2.37. The van der Waals surface area contributed by atoms with Gasteiger partial charge in [-0.2, -0.15) is 0 Å². The van der Waals surface area contributed by atoms with Crippen molar-refractivity contribution in [1.82, 2.24) is 15.5 Å². The van der Waals surface area contributed by atoms with Crippen LogP contribution in [0.15, 0.2) is 0 Å². The summed E-state index contributed by atoms with van der Waals surface area (Å²) < 4.78 is 0. The second-order valence-corrected chi connectivity index (χ2v) is 8.29. The zero-order valence-corrected chi connectivity index (χ0v) is 15.1. The van der Waals surface area contributed by atoms with Crippen LogP contribution in [0.2, 0.25) is 0 Å². The van der Waals surface area contributed by atoms with Gasteiger partial charge in [-0.1, -0.05) is 39.0 Å². The predicted octanol–water partition coefficient (Wildman–Crippen LogP) is 3.19. The molecular weight excluding hydrogens is 302 g/mol. The molecule has 136 valence electrons. The van der Waals surface area contributed by atoms with Gasteiger partial charge in [0.25, 0.3) is 0 Å². The molecule has 3 amide bonds. The van der Waals surface area contributed by atoms with Crippen molar-refractivity contribution >= 4 is 11.9 Å². The van der Waals surface area contributed by atoms with Crippen molar-refractivity contribution in [3.63, 3.8) is 0 Å². The van der Waals surface area contributed by atoms with Gasteiger partial charge in [0.15, 0.2) is 0 Å². The number of urea groups is 1. The monoisotopic (exact) mass is 335 g/mol. The van der Waals surface area contributed by atoms with E-state index in [0.717, 1.165) is 51.6 Å². The maximum Gasteiger partial charge on any atom is 0.317 e. The molecule has 2 N–H and O–H groups in total.